The molecule has 92 valence electrons. The molecule has 2 unspecified atom stereocenters. The largest absolute Gasteiger partial charge is 0.481 e. The van der Waals surface area contributed by atoms with Crippen molar-refractivity contribution < 1.29 is 19.5 Å². The fourth-order valence-corrected chi connectivity index (χ4v) is 2.55. The van der Waals surface area contributed by atoms with Crippen LogP contribution in [0.5, 0.6) is 0 Å². The molecule has 1 aromatic rings. The Hall–Kier alpha value is -1.88. The van der Waals surface area contributed by atoms with Gasteiger partial charge in [0.15, 0.2) is 0 Å². The van der Waals surface area contributed by atoms with Crippen LogP contribution in [0.25, 0.3) is 0 Å². The molecule has 1 saturated carbocycles. The molecule has 1 N–H and O–H groups in total. The van der Waals surface area contributed by atoms with Gasteiger partial charge in [0, 0.05) is 0 Å². The van der Waals surface area contributed by atoms with E-state index in [0.717, 1.165) is 4.90 Å². The number of amides is 2. The van der Waals surface area contributed by atoms with E-state index in [4.69, 9.17) is 16.7 Å². The van der Waals surface area contributed by atoms with Crippen LogP contribution in [-0.2, 0) is 4.79 Å². The average Bonchev–Trinajstić information content (AvgIpc) is 3.04. The molecule has 0 bridgehead atoms. The van der Waals surface area contributed by atoms with E-state index >= 15 is 0 Å². The SMILES string of the molecule is O=C(O)C1CC1N1C(=O)c2cccc(Cl)c2C1=O. The van der Waals surface area contributed by atoms with Gasteiger partial charge in [-0.2, -0.15) is 0 Å². The molecular formula is C12H8ClNO4. The molecule has 2 amide bonds. The van der Waals surface area contributed by atoms with E-state index in [1.165, 1.54) is 12.1 Å². The Morgan fingerprint density at radius 1 is 1.33 bits per heavy atom. The number of hydrogen-bond acceptors (Lipinski definition) is 3. The molecule has 1 aliphatic heterocycles. The molecule has 1 aliphatic carbocycles. The Bertz CT molecular complexity index is 598. The summed E-state index contributed by atoms with van der Waals surface area (Å²) in [6.45, 7) is 0. The molecule has 0 saturated heterocycles. The minimum atomic E-state index is -0.984. The Labute approximate surface area is 107 Å². The van der Waals surface area contributed by atoms with Gasteiger partial charge in [-0.3, -0.25) is 19.3 Å². The zero-order valence-electron chi connectivity index (χ0n) is 9.09. The molecule has 2 atom stereocenters. The van der Waals surface area contributed by atoms with Gasteiger partial charge < -0.3 is 5.11 Å². The molecular weight excluding hydrogens is 258 g/mol. The van der Waals surface area contributed by atoms with E-state index in [1.54, 1.807) is 6.07 Å². The molecule has 1 fully saturated rings. The number of carbonyl (C=O) groups is 3. The van der Waals surface area contributed by atoms with Crippen molar-refractivity contribution in [3.8, 4) is 0 Å². The molecule has 2 aliphatic rings. The summed E-state index contributed by atoms with van der Waals surface area (Å²) in [5.74, 6) is -2.57. The summed E-state index contributed by atoms with van der Waals surface area (Å²) in [5, 5.41) is 9.08. The lowest BCUT2D eigenvalue weighted by Gasteiger charge is -2.12. The van der Waals surface area contributed by atoms with Gasteiger partial charge in [-0.25, -0.2) is 0 Å². The number of nitrogens with zero attached hydrogens (tertiary/aromatic N) is 1. The quantitative estimate of drug-likeness (QED) is 0.821. The van der Waals surface area contributed by atoms with Gasteiger partial charge in [0.25, 0.3) is 11.8 Å². The number of hydrogen-bond donors (Lipinski definition) is 1. The summed E-state index contributed by atoms with van der Waals surface area (Å²) in [5.41, 5.74) is 0.434. The molecule has 0 radical (unpaired) electrons. The van der Waals surface area contributed by atoms with Crippen LogP contribution in [0.3, 0.4) is 0 Å². The zero-order valence-corrected chi connectivity index (χ0v) is 9.85. The van der Waals surface area contributed by atoms with Crippen LogP contribution >= 0.6 is 11.6 Å². The van der Waals surface area contributed by atoms with Crippen LogP contribution < -0.4 is 0 Å². The average molecular weight is 266 g/mol. The van der Waals surface area contributed by atoms with E-state index in [-0.39, 0.29) is 16.1 Å². The van der Waals surface area contributed by atoms with Gasteiger partial charge >= 0.3 is 5.97 Å². The Kier molecular flexibility index (Phi) is 2.22. The zero-order chi connectivity index (χ0) is 13.0. The summed E-state index contributed by atoms with van der Waals surface area (Å²) in [4.78, 5) is 36.0. The molecule has 5 nitrogen and oxygen atoms in total. The maximum atomic E-state index is 12.1. The molecule has 3 rings (SSSR count). The third kappa shape index (κ3) is 1.37. The van der Waals surface area contributed by atoms with Crippen molar-refractivity contribution >= 4 is 29.4 Å². The predicted molar refractivity (Wildman–Crippen MR) is 61.5 cm³/mol. The second kappa shape index (κ2) is 3.55. The van der Waals surface area contributed by atoms with Crippen LogP contribution in [0, 0.1) is 5.92 Å². The number of fused-ring (bicyclic) bond motifs is 1. The number of carbonyl (C=O) groups excluding carboxylic acids is 2. The highest BCUT2D eigenvalue weighted by Gasteiger charge is 2.54. The summed E-state index contributed by atoms with van der Waals surface area (Å²) >= 11 is 5.90. The highest BCUT2D eigenvalue weighted by molar-refractivity contribution is 6.37. The minimum absolute atomic E-state index is 0.181. The highest BCUT2D eigenvalue weighted by Crippen LogP contribution is 2.41. The molecule has 0 spiro atoms. The Morgan fingerprint density at radius 3 is 2.61 bits per heavy atom. The second-order valence-electron chi connectivity index (χ2n) is 4.39. The predicted octanol–water partition coefficient (Wildman–Crippen LogP) is 1.41. The third-order valence-corrected chi connectivity index (χ3v) is 3.62. The van der Waals surface area contributed by atoms with Crippen molar-refractivity contribution in [2.24, 2.45) is 5.92 Å². The smallest absolute Gasteiger partial charge is 0.308 e. The van der Waals surface area contributed by atoms with Gasteiger partial charge in [-0.15, -0.1) is 0 Å². The fourth-order valence-electron chi connectivity index (χ4n) is 2.30. The summed E-state index contributed by atoms with van der Waals surface area (Å²) in [6.07, 6.45) is 0.318. The number of aliphatic carboxylic acids is 1. The van der Waals surface area contributed by atoms with Gasteiger partial charge in [-0.1, -0.05) is 17.7 Å². The number of imide groups is 1. The topological polar surface area (TPSA) is 74.7 Å². The monoisotopic (exact) mass is 265 g/mol. The molecule has 0 aromatic heterocycles. The van der Waals surface area contributed by atoms with Gasteiger partial charge in [-0.05, 0) is 18.6 Å². The first-order valence-electron chi connectivity index (χ1n) is 5.41. The van der Waals surface area contributed by atoms with E-state index in [0.29, 0.717) is 6.42 Å². The van der Waals surface area contributed by atoms with Crippen molar-refractivity contribution in [3.63, 3.8) is 0 Å². The van der Waals surface area contributed by atoms with E-state index in [2.05, 4.69) is 0 Å². The van der Waals surface area contributed by atoms with E-state index < -0.39 is 29.7 Å². The summed E-state index contributed by atoms with van der Waals surface area (Å²) in [7, 11) is 0. The number of halogens is 1. The molecule has 1 heterocycles. The van der Waals surface area contributed by atoms with Crippen molar-refractivity contribution in [1.29, 1.82) is 0 Å². The minimum Gasteiger partial charge on any atom is -0.481 e. The lowest BCUT2D eigenvalue weighted by molar-refractivity contribution is -0.138. The highest BCUT2D eigenvalue weighted by atomic mass is 35.5. The normalized spacial score (nSPS) is 25.3. The van der Waals surface area contributed by atoms with Crippen LogP contribution in [-0.4, -0.2) is 33.8 Å². The van der Waals surface area contributed by atoms with Gasteiger partial charge in [0.05, 0.1) is 28.1 Å². The standard InChI is InChI=1S/C12H8ClNO4/c13-7-3-1-2-5-9(7)11(16)14(10(5)15)8-4-6(8)12(17)18/h1-3,6,8H,4H2,(H,17,18). The van der Waals surface area contributed by atoms with Crippen LogP contribution in [0.15, 0.2) is 18.2 Å². The fraction of sp³-hybridized carbons (Fsp3) is 0.250. The first kappa shape index (κ1) is 11.2. The van der Waals surface area contributed by atoms with E-state index in [9.17, 15) is 14.4 Å². The summed E-state index contributed by atoms with van der Waals surface area (Å²) in [6, 6.07) is 4.12. The first-order valence-corrected chi connectivity index (χ1v) is 5.79. The van der Waals surface area contributed by atoms with Crippen LogP contribution in [0.2, 0.25) is 5.02 Å². The molecule has 1 aromatic carbocycles. The number of carboxylic acids is 1. The van der Waals surface area contributed by atoms with Crippen molar-refractivity contribution in [2.75, 3.05) is 0 Å². The maximum absolute atomic E-state index is 12.1. The second-order valence-corrected chi connectivity index (χ2v) is 4.80. The van der Waals surface area contributed by atoms with Gasteiger partial charge in [0.1, 0.15) is 0 Å². The first-order chi connectivity index (χ1) is 8.52. The number of rotatable bonds is 2. The van der Waals surface area contributed by atoms with Crippen molar-refractivity contribution in [3.05, 3.63) is 34.3 Å². The summed E-state index contributed by atoms with van der Waals surface area (Å²) < 4.78 is 0. The Balaban J connectivity index is 1.99. The van der Waals surface area contributed by atoms with Crippen molar-refractivity contribution in [2.45, 2.75) is 12.5 Å². The van der Waals surface area contributed by atoms with Gasteiger partial charge in [0.2, 0.25) is 0 Å². The van der Waals surface area contributed by atoms with Crippen molar-refractivity contribution in [1.82, 2.24) is 4.90 Å². The third-order valence-electron chi connectivity index (χ3n) is 3.30. The number of carboxylic acid groups (broad SMARTS) is 1. The molecule has 6 heteroatoms. The van der Waals surface area contributed by atoms with Crippen LogP contribution in [0.4, 0.5) is 0 Å². The van der Waals surface area contributed by atoms with E-state index in [1.807, 2.05) is 0 Å². The maximum Gasteiger partial charge on any atom is 0.308 e. The Morgan fingerprint density at radius 2 is 2.06 bits per heavy atom. The molecule has 18 heavy (non-hydrogen) atoms. The lowest BCUT2D eigenvalue weighted by atomic mass is 10.1. The van der Waals surface area contributed by atoms with Crippen LogP contribution in [0.1, 0.15) is 27.1 Å². The lowest BCUT2D eigenvalue weighted by Crippen LogP contribution is -2.34. The number of benzene rings is 1.